The molecule has 8 nitrogen and oxygen atoms in total. The van der Waals surface area contributed by atoms with E-state index in [1.54, 1.807) is 6.92 Å². The van der Waals surface area contributed by atoms with E-state index in [-0.39, 0.29) is 30.1 Å². The molecule has 1 heterocycles. The van der Waals surface area contributed by atoms with Crippen LogP contribution in [-0.2, 0) is 34.6 Å². The van der Waals surface area contributed by atoms with Gasteiger partial charge < -0.3 is 14.7 Å². The van der Waals surface area contributed by atoms with Gasteiger partial charge in [0.1, 0.15) is 12.2 Å². The van der Waals surface area contributed by atoms with Gasteiger partial charge in [-0.1, -0.05) is 70.4 Å². The van der Waals surface area contributed by atoms with Gasteiger partial charge in [-0.2, -0.15) is 0 Å². The number of aliphatic carboxylic acids is 1. The van der Waals surface area contributed by atoms with Crippen LogP contribution in [0.2, 0.25) is 0 Å². The molecule has 1 aromatic rings. The fourth-order valence-electron chi connectivity index (χ4n) is 7.01. The summed E-state index contributed by atoms with van der Waals surface area (Å²) >= 11 is 0. The van der Waals surface area contributed by atoms with Gasteiger partial charge in [-0.25, -0.2) is 4.79 Å². The molecule has 1 N–H and O–H groups in total. The van der Waals surface area contributed by atoms with Crippen molar-refractivity contribution < 1.29 is 33.3 Å². The highest BCUT2D eigenvalue weighted by Gasteiger charge is 2.69. The van der Waals surface area contributed by atoms with E-state index >= 15 is 0 Å². The second-order valence-electron chi connectivity index (χ2n) is 12.4. The number of ether oxygens (including phenoxy) is 1. The van der Waals surface area contributed by atoms with E-state index in [9.17, 15) is 24.1 Å². The molecule has 222 valence electrons. The van der Waals surface area contributed by atoms with Gasteiger partial charge in [-0.05, 0) is 61.3 Å². The Kier molecular flexibility index (Phi) is 10.2. The Labute approximate surface area is 238 Å². The molecule has 1 amide bonds. The number of likely N-dealkylation sites (tertiary alicyclic amines) is 1. The molecule has 0 aromatic heterocycles. The van der Waals surface area contributed by atoms with Crippen molar-refractivity contribution in [3.63, 3.8) is 0 Å². The first-order valence-corrected chi connectivity index (χ1v) is 17.1. The van der Waals surface area contributed by atoms with Crippen LogP contribution in [0.5, 0.6) is 0 Å². The number of carbonyl (C=O) groups excluding carboxylic acids is 2. The van der Waals surface area contributed by atoms with E-state index in [2.05, 4.69) is 0 Å². The van der Waals surface area contributed by atoms with Crippen molar-refractivity contribution in [3.05, 3.63) is 35.9 Å². The summed E-state index contributed by atoms with van der Waals surface area (Å²) in [6.45, 7) is 5.73. The molecule has 2 saturated carbocycles. The number of unbranched alkanes of at least 4 members (excludes halogenated alkanes) is 1. The van der Waals surface area contributed by atoms with Gasteiger partial charge in [-0.15, -0.1) is 0 Å². The van der Waals surface area contributed by atoms with Crippen molar-refractivity contribution in [2.24, 2.45) is 23.2 Å². The molecule has 1 aromatic carbocycles. The molecule has 4 rings (SSSR count). The lowest BCUT2D eigenvalue weighted by Crippen LogP contribution is -2.42. The van der Waals surface area contributed by atoms with Crippen LogP contribution in [0.1, 0.15) is 84.1 Å². The standard InChI is InChI=1S/C31H46NO7P/c1-4-28(34)38-30(22(2)3)39-40(37,18-12-11-15-23-13-7-5-8-14-23)20-27(33)32-21-31(19-26(32)29(35)36)24-16-9-6-10-17-25(24)31/h5,7-8,13-14,22,24-26,30H,4,6,9-12,15-21H2,1-3H3,(H,35,36)/t24?,25?,26-,30?,31?,40?/m0/s1. The molecular weight excluding hydrogens is 529 g/mol. The summed E-state index contributed by atoms with van der Waals surface area (Å²) in [6.07, 6.45) is 7.28. The summed E-state index contributed by atoms with van der Waals surface area (Å²) in [7, 11) is -3.60. The molecule has 3 aliphatic rings. The molecule has 1 saturated heterocycles. The van der Waals surface area contributed by atoms with Gasteiger partial charge in [0.05, 0.1) is 0 Å². The lowest BCUT2D eigenvalue weighted by Gasteiger charge is -2.29. The first-order valence-electron chi connectivity index (χ1n) is 15.1. The molecular formula is C31H46NO7P. The maximum Gasteiger partial charge on any atom is 0.326 e. The number of hydrogen-bond acceptors (Lipinski definition) is 6. The van der Waals surface area contributed by atoms with E-state index in [1.165, 1.54) is 16.9 Å². The summed E-state index contributed by atoms with van der Waals surface area (Å²) in [5.74, 6) is -1.18. The number of amides is 1. The van der Waals surface area contributed by atoms with Crippen LogP contribution in [-0.4, -0.2) is 59.1 Å². The van der Waals surface area contributed by atoms with Gasteiger partial charge in [0, 0.05) is 25.0 Å². The molecule has 0 bridgehead atoms. The van der Waals surface area contributed by atoms with E-state index in [4.69, 9.17) is 9.26 Å². The number of benzene rings is 1. The minimum absolute atomic E-state index is 0.114. The molecule has 5 atom stereocenters. The largest absolute Gasteiger partial charge is 0.480 e. The fourth-order valence-corrected chi connectivity index (χ4v) is 9.31. The predicted molar refractivity (Wildman–Crippen MR) is 153 cm³/mol. The zero-order valence-electron chi connectivity index (χ0n) is 24.3. The summed E-state index contributed by atoms with van der Waals surface area (Å²) in [5.41, 5.74) is 1.07. The van der Waals surface area contributed by atoms with Crippen molar-refractivity contribution >= 4 is 25.2 Å². The summed E-state index contributed by atoms with van der Waals surface area (Å²) in [5, 5.41) is 10.1. The number of carboxylic acid groups (broad SMARTS) is 1. The molecule has 3 fully saturated rings. The van der Waals surface area contributed by atoms with Crippen LogP contribution >= 0.6 is 7.37 Å². The summed E-state index contributed by atoms with van der Waals surface area (Å²) in [6, 6.07) is 9.13. The van der Waals surface area contributed by atoms with Crippen LogP contribution in [0.3, 0.4) is 0 Å². The molecule has 40 heavy (non-hydrogen) atoms. The molecule has 9 heteroatoms. The lowest BCUT2D eigenvalue weighted by molar-refractivity contribution is -0.169. The Bertz CT molecular complexity index is 1080. The van der Waals surface area contributed by atoms with Crippen molar-refractivity contribution in [1.29, 1.82) is 0 Å². The Balaban J connectivity index is 1.48. The van der Waals surface area contributed by atoms with E-state index < -0.39 is 37.5 Å². The second kappa shape index (κ2) is 13.2. The fraction of sp³-hybridized carbons (Fsp3) is 0.710. The van der Waals surface area contributed by atoms with Crippen LogP contribution in [0.4, 0.5) is 0 Å². The van der Waals surface area contributed by atoms with Gasteiger partial charge in [0.25, 0.3) is 0 Å². The molecule has 1 spiro atoms. The number of rotatable bonds is 13. The average Bonchev–Trinajstić information content (AvgIpc) is 3.41. The first-order chi connectivity index (χ1) is 19.1. The maximum atomic E-state index is 14.3. The van der Waals surface area contributed by atoms with Crippen LogP contribution in [0, 0.1) is 23.2 Å². The van der Waals surface area contributed by atoms with Gasteiger partial charge in [-0.3, -0.25) is 18.7 Å². The number of carboxylic acids is 1. The number of nitrogens with zero attached hydrogens (tertiary/aromatic N) is 1. The molecule has 1 aliphatic heterocycles. The molecule has 0 radical (unpaired) electrons. The highest BCUT2D eigenvalue weighted by Crippen LogP contribution is 2.69. The van der Waals surface area contributed by atoms with E-state index in [1.807, 2.05) is 44.2 Å². The van der Waals surface area contributed by atoms with Gasteiger partial charge in [0.15, 0.2) is 0 Å². The second-order valence-corrected chi connectivity index (χ2v) is 15.0. The summed E-state index contributed by atoms with van der Waals surface area (Å²) in [4.78, 5) is 39.6. The highest BCUT2D eigenvalue weighted by atomic mass is 31.2. The van der Waals surface area contributed by atoms with Crippen LogP contribution in [0.25, 0.3) is 0 Å². The van der Waals surface area contributed by atoms with E-state index in [0.29, 0.717) is 31.2 Å². The number of aryl methyl sites for hydroxylation is 1. The normalized spacial score (nSPS) is 28.0. The third-order valence-corrected chi connectivity index (χ3v) is 11.6. The van der Waals surface area contributed by atoms with Crippen LogP contribution in [0.15, 0.2) is 30.3 Å². The Morgan fingerprint density at radius 1 is 1.07 bits per heavy atom. The zero-order valence-corrected chi connectivity index (χ0v) is 25.2. The number of fused-ring (bicyclic) bond motifs is 3. The van der Waals surface area contributed by atoms with Crippen LogP contribution < -0.4 is 0 Å². The number of carbonyl (C=O) groups is 3. The third kappa shape index (κ3) is 7.17. The third-order valence-electron chi connectivity index (χ3n) is 9.21. The SMILES string of the molecule is CCC(=O)OC(OP(=O)(CCCCc1ccccc1)CC(=O)N1CC2(C[C@H]1C(=O)O)C1CCCCCC12)C(C)C. The van der Waals surface area contributed by atoms with Gasteiger partial charge in [0.2, 0.25) is 19.6 Å². The minimum Gasteiger partial charge on any atom is -0.480 e. The Morgan fingerprint density at radius 2 is 1.75 bits per heavy atom. The van der Waals surface area contributed by atoms with E-state index in [0.717, 1.165) is 38.5 Å². The topological polar surface area (TPSA) is 110 Å². The Morgan fingerprint density at radius 3 is 2.35 bits per heavy atom. The highest BCUT2D eigenvalue weighted by molar-refractivity contribution is 7.59. The van der Waals surface area contributed by atoms with Crippen molar-refractivity contribution in [1.82, 2.24) is 4.90 Å². The number of hydrogen-bond donors (Lipinski definition) is 1. The average molecular weight is 576 g/mol. The maximum absolute atomic E-state index is 14.3. The van der Waals surface area contributed by atoms with Crippen molar-refractivity contribution in [2.75, 3.05) is 18.9 Å². The predicted octanol–water partition coefficient (Wildman–Crippen LogP) is 6.12. The van der Waals surface area contributed by atoms with Crippen molar-refractivity contribution in [2.45, 2.75) is 97.3 Å². The minimum atomic E-state index is -3.60. The quantitative estimate of drug-likeness (QED) is 0.131. The number of esters is 1. The molecule has 2 aliphatic carbocycles. The van der Waals surface area contributed by atoms with Crippen molar-refractivity contribution in [3.8, 4) is 0 Å². The zero-order chi connectivity index (χ0) is 28.9. The first kappa shape index (κ1) is 30.8. The monoisotopic (exact) mass is 575 g/mol. The Hall–Kier alpha value is -2.18. The van der Waals surface area contributed by atoms with Gasteiger partial charge >= 0.3 is 11.9 Å². The smallest absolute Gasteiger partial charge is 0.326 e. The molecule has 4 unspecified atom stereocenters. The lowest BCUT2D eigenvalue weighted by atomic mass is 9.93. The summed E-state index contributed by atoms with van der Waals surface area (Å²) < 4.78 is 25.8.